The van der Waals surface area contributed by atoms with Gasteiger partial charge in [0.1, 0.15) is 5.56 Å². The molecule has 0 aliphatic carbocycles. The molecule has 8 nitrogen and oxygen atoms in total. The topological polar surface area (TPSA) is 116 Å². The molecule has 2 aromatic rings. The molecule has 1 amide bonds. The summed E-state index contributed by atoms with van der Waals surface area (Å²) < 4.78 is 1.67. The monoisotopic (exact) mass is 289 g/mol. The predicted molar refractivity (Wildman–Crippen MR) is 76.8 cm³/mol. The average Bonchev–Trinajstić information content (AvgIpc) is 2.84. The Morgan fingerprint density at radius 2 is 2.29 bits per heavy atom. The number of nitrogen functional groups attached to an aromatic ring is 1. The van der Waals surface area contributed by atoms with E-state index >= 15 is 0 Å². The summed E-state index contributed by atoms with van der Waals surface area (Å²) in [6.45, 7) is 0.358. The molecule has 0 aliphatic rings. The molecule has 1 heterocycles. The molecule has 1 aromatic carbocycles. The van der Waals surface area contributed by atoms with Crippen molar-refractivity contribution in [3.8, 4) is 0 Å². The summed E-state index contributed by atoms with van der Waals surface area (Å²) in [5, 5.41) is 17.6. The molecule has 1 aromatic heterocycles. The third-order valence-electron chi connectivity index (χ3n) is 2.92. The van der Waals surface area contributed by atoms with Crippen LogP contribution in [0.2, 0.25) is 0 Å². The molecule has 0 bridgehead atoms. The highest BCUT2D eigenvalue weighted by molar-refractivity contribution is 5.99. The van der Waals surface area contributed by atoms with Gasteiger partial charge in [-0.3, -0.25) is 19.6 Å². The lowest BCUT2D eigenvalue weighted by Gasteiger charge is -2.06. The molecule has 0 aliphatic heterocycles. The predicted octanol–water partition coefficient (Wildman–Crippen LogP) is 0.883. The fourth-order valence-corrected chi connectivity index (χ4v) is 1.91. The maximum atomic E-state index is 12.0. The maximum absolute atomic E-state index is 12.0. The summed E-state index contributed by atoms with van der Waals surface area (Å²) in [6, 6.07) is 3.92. The average molecular weight is 289 g/mol. The van der Waals surface area contributed by atoms with Crippen LogP contribution in [0.3, 0.4) is 0 Å². The number of nitrogens with zero attached hydrogens (tertiary/aromatic N) is 3. The molecular weight excluding hydrogens is 274 g/mol. The summed E-state index contributed by atoms with van der Waals surface area (Å²) in [5.41, 5.74) is 6.55. The van der Waals surface area contributed by atoms with Gasteiger partial charge in [0.15, 0.2) is 0 Å². The van der Waals surface area contributed by atoms with Crippen LogP contribution in [-0.2, 0) is 13.5 Å². The van der Waals surface area contributed by atoms with Crippen molar-refractivity contribution in [1.29, 1.82) is 0 Å². The van der Waals surface area contributed by atoms with E-state index in [4.69, 9.17) is 5.73 Å². The standard InChI is InChI=1S/C13H15N5O3/c1-17-8-9(7-16-17)4-5-15-13(19)11-6-10(14)2-3-12(11)18(20)21/h2-3,6-8H,4-5,14H2,1H3,(H,15,19). The zero-order chi connectivity index (χ0) is 15.4. The van der Waals surface area contributed by atoms with Gasteiger partial charge >= 0.3 is 0 Å². The third-order valence-corrected chi connectivity index (χ3v) is 2.92. The number of nitrogens with two attached hydrogens (primary N) is 1. The molecule has 8 heteroatoms. The Labute approximate surface area is 120 Å². The Bertz CT molecular complexity index is 680. The Balaban J connectivity index is 2.03. The van der Waals surface area contributed by atoms with E-state index in [0.29, 0.717) is 18.7 Å². The number of carbonyl (C=O) groups is 1. The highest BCUT2D eigenvalue weighted by Crippen LogP contribution is 2.20. The minimum absolute atomic E-state index is 0.0359. The highest BCUT2D eigenvalue weighted by atomic mass is 16.6. The van der Waals surface area contributed by atoms with Gasteiger partial charge in [-0.25, -0.2) is 0 Å². The zero-order valence-electron chi connectivity index (χ0n) is 11.4. The Morgan fingerprint density at radius 3 is 2.90 bits per heavy atom. The number of nitro benzene ring substituents is 1. The molecule has 0 spiro atoms. The number of benzene rings is 1. The van der Waals surface area contributed by atoms with Crippen molar-refractivity contribution in [2.75, 3.05) is 12.3 Å². The molecule has 2 rings (SSSR count). The first-order chi connectivity index (χ1) is 9.97. The number of amides is 1. The number of aryl methyl sites for hydroxylation is 1. The normalized spacial score (nSPS) is 10.3. The van der Waals surface area contributed by atoms with Crippen molar-refractivity contribution >= 4 is 17.3 Å². The number of carbonyl (C=O) groups excluding carboxylic acids is 1. The van der Waals surface area contributed by atoms with Gasteiger partial charge in [0, 0.05) is 31.5 Å². The molecule has 0 atom stereocenters. The first kappa shape index (κ1) is 14.5. The number of nitrogens with one attached hydrogen (secondary N) is 1. The lowest BCUT2D eigenvalue weighted by atomic mass is 10.1. The Morgan fingerprint density at radius 1 is 1.52 bits per heavy atom. The van der Waals surface area contributed by atoms with Crippen molar-refractivity contribution in [2.45, 2.75) is 6.42 Å². The van der Waals surface area contributed by atoms with Crippen LogP contribution < -0.4 is 11.1 Å². The van der Waals surface area contributed by atoms with Gasteiger partial charge in [-0.1, -0.05) is 0 Å². The number of hydrogen-bond donors (Lipinski definition) is 2. The number of hydrogen-bond acceptors (Lipinski definition) is 5. The largest absolute Gasteiger partial charge is 0.399 e. The highest BCUT2D eigenvalue weighted by Gasteiger charge is 2.19. The molecule has 3 N–H and O–H groups in total. The fourth-order valence-electron chi connectivity index (χ4n) is 1.91. The SMILES string of the molecule is Cn1cc(CCNC(=O)c2cc(N)ccc2[N+](=O)[O-])cn1. The van der Waals surface area contributed by atoms with Gasteiger partial charge in [0.25, 0.3) is 11.6 Å². The molecule has 0 fully saturated rings. The number of anilines is 1. The second-order valence-electron chi connectivity index (χ2n) is 4.56. The van der Waals surface area contributed by atoms with E-state index < -0.39 is 10.8 Å². The maximum Gasteiger partial charge on any atom is 0.282 e. The van der Waals surface area contributed by atoms with Crippen LogP contribution >= 0.6 is 0 Å². The quantitative estimate of drug-likeness (QED) is 0.481. The minimum Gasteiger partial charge on any atom is -0.399 e. The van der Waals surface area contributed by atoms with E-state index in [1.807, 2.05) is 6.20 Å². The van der Waals surface area contributed by atoms with E-state index in [-0.39, 0.29) is 11.3 Å². The van der Waals surface area contributed by atoms with Crippen molar-refractivity contribution in [1.82, 2.24) is 15.1 Å². The van der Waals surface area contributed by atoms with Crippen LogP contribution in [0.25, 0.3) is 0 Å². The Kier molecular flexibility index (Phi) is 4.17. The summed E-state index contributed by atoms with van der Waals surface area (Å²) in [6.07, 6.45) is 4.14. The molecule has 110 valence electrons. The molecule has 0 saturated carbocycles. The van der Waals surface area contributed by atoms with Crippen LogP contribution in [0.4, 0.5) is 11.4 Å². The molecule has 0 radical (unpaired) electrons. The van der Waals surface area contributed by atoms with E-state index in [9.17, 15) is 14.9 Å². The van der Waals surface area contributed by atoms with Gasteiger partial charge in [-0.15, -0.1) is 0 Å². The zero-order valence-corrected chi connectivity index (χ0v) is 11.4. The second-order valence-corrected chi connectivity index (χ2v) is 4.56. The van der Waals surface area contributed by atoms with Crippen molar-refractivity contribution in [2.24, 2.45) is 7.05 Å². The molecule has 0 saturated heterocycles. The first-order valence-corrected chi connectivity index (χ1v) is 6.27. The van der Waals surface area contributed by atoms with E-state index in [1.54, 1.807) is 17.9 Å². The fraction of sp³-hybridized carbons (Fsp3) is 0.231. The summed E-state index contributed by atoms with van der Waals surface area (Å²) in [4.78, 5) is 22.3. The summed E-state index contributed by atoms with van der Waals surface area (Å²) in [5.74, 6) is -0.516. The smallest absolute Gasteiger partial charge is 0.282 e. The second kappa shape index (κ2) is 6.04. The van der Waals surface area contributed by atoms with Crippen molar-refractivity contribution < 1.29 is 9.72 Å². The lowest BCUT2D eigenvalue weighted by molar-refractivity contribution is -0.385. The van der Waals surface area contributed by atoms with Crippen LogP contribution in [0.15, 0.2) is 30.6 Å². The number of aromatic nitrogens is 2. The minimum atomic E-state index is -0.602. The van der Waals surface area contributed by atoms with E-state index in [0.717, 1.165) is 5.56 Å². The molecule has 0 unspecified atom stereocenters. The van der Waals surface area contributed by atoms with Crippen molar-refractivity contribution in [3.05, 3.63) is 51.8 Å². The van der Waals surface area contributed by atoms with Gasteiger partial charge in [0.2, 0.25) is 0 Å². The Hall–Kier alpha value is -2.90. The first-order valence-electron chi connectivity index (χ1n) is 6.27. The van der Waals surface area contributed by atoms with Gasteiger partial charge in [0.05, 0.1) is 11.1 Å². The third kappa shape index (κ3) is 3.56. The van der Waals surface area contributed by atoms with Crippen LogP contribution in [0.5, 0.6) is 0 Å². The van der Waals surface area contributed by atoms with Crippen LogP contribution in [0, 0.1) is 10.1 Å². The van der Waals surface area contributed by atoms with Gasteiger partial charge < -0.3 is 11.1 Å². The number of nitro groups is 1. The van der Waals surface area contributed by atoms with Gasteiger partial charge in [-0.2, -0.15) is 5.10 Å². The summed E-state index contributed by atoms with van der Waals surface area (Å²) >= 11 is 0. The number of rotatable bonds is 5. The van der Waals surface area contributed by atoms with Crippen molar-refractivity contribution in [3.63, 3.8) is 0 Å². The summed E-state index contributed by atoms with van der Waals surface area (Å²) in [7, 11) is 1.80. The lowest BCUT2D eigenvalue weighted by Crippen LogP contribution is -2.26. The molecular formula is C13H15N5O3. The van der Waals surface area contributed by atoms with Crippen LogP contribution in [-0.4, -0.2) is 27.2 Å². The molecule has 21 heavy (non-hydrogen) atoms. The van der Waals surface area contributed by atoms with E-state index in [1.165, 1.54) is 18.2 Å². The van der Waals surface area contributed by atoms with Crippen LogP contribution in [0.1, 0.15) is 15.9 Å². The van der Waals surface area contributed by atoms with E-state index in [2.05, 4.69) is 10.4 Å². The van der Waals surface area contributed by atoms with Gasteiger partial charge in [-0.05, 0) is 24.1 Å².